The third-order valence-corrected chi connectivity index (χ3v) is 8.86. The average Bonchev–Trinajstić information content (AvgIpc) is 3.10. The minimum atomic E-state index is 0.694. The molecule has 5 aromatic carbocycles. The van der Waals surface area contributed by atoms with Crippen molar-refractivity contribution in [2.24, 2.45) is 0 Å². The first kappa shape index (κ1) is 29.4. The lowest BCUT2D eigenvalue weighted by molar-refractivity contribution is 1.12. The van der Waals surface area contributed by atoms with Crippen molar-refractivity contribution in [2.45, 2.75) is 27.7 Å². The van der Waals surface area contributed by atoms with Crippen LogP contribution in [0.2, 0.25) is 0 Å². The molecule has 0 saturated carbocycles. The predicted molar refractivity (Wildman–Crippen MR) is 199 cm³/mol. The zero-order valence-corrected chi connectivity index (χ0v) is 27.5. The first-order valence-corrected chi connectivity index (χ1v) is 16.3. The third-order valence-electron chi connectivity index (χ3n) is 8.86. The van der Waals surface area contributed by atoms with E-state index in [-0.39, 0.29) is 0 Å². The maximum atomic E-state index is 5.33. The predicted octanol–water partition coefficient (Wildman–Crippen LogP) is 11.1. The summed E-state index contributed by atoms with van der Waals surface area (Å²) in [5.41, 5.74) is 13.1. The van der Waals surface area contributed by atoms with E-state index in [1.165, 1.54) is 10.9 Å². The molecule has 0 radical (unpaired) electrons. The van der Waals surface area contributed by atoms with E-state index in [1.807, 2.05) is 20.8 Å². The Hall–Kier alpha value is -6.00. The van der Waals surface area contributed by atoms with E-state index in [1.54, 1.807) is 0 Å². The smallest absolute Gasteiger partial charge is 0.161 e. The number of hydrogen-bond donors (Lipinski definition) is 0. The van der Waals surface area contributed by atoms with Crippen LogP contribution in [-0.2, 0) is 0 Å². The van der Waals surface area contributed by atoms with Gasteiger partial charge >= 0.3 is 0 Å². The van der Waals surface area contributed by atoms with Crippen LogP contribution in [-0.4, -0.2) is 19.9 Å². The van der Waals surface area contributed by atoms with Gasteiger partial charge in [0.1, 0.15) is 0 Å². The Labute approximate surface area is 280 Å². The van der Waals surface area contributed by atoms with Gasteiger partial charge in [-0.15, -0.1) is 0 Å². The van der Waals surface area contributed by atoms with Crippen molar-refractivity contribution in [3.8, 4) is 56.3 Å². The highest BCUT2D eigenvalue weighted by atomic mass is 14.9. The van der Waals surface area contributed by atoms with Crippen LogP contribution in [0.4, 0.5) is 0 Å². The zero-order valence-electron chi connectivity index (χ0n) is 27.5. The van der Waals surface area contributed by atoms with Gasteiger partial charge in [-0.2, -0.15) is 0 Å². The summed E-state index contributed by atoms with van der Waals surface area (Å²) in [7, 11) is 0. The van der Waals surface area contributed by atoms with Crippen molar-refractivity contribution in [2.75, 3.05) is 0 Å². The molecule has 230 valence electrons. The van der Waals surface area contributed by atoms with Gasteiger partial charge < -0.3 is 0 Å². The molecule has 0 aliphatic heterocycles. The van der Waals surface area contributed by atoms with Gasteiger partial charge in [-0.25, -0.2) is 9.97 Å². The maximum absolute atomic E-state index is 5.33. The molecule has 0 aliphatic carbocycles. The highest BCUT2D eigenvalue weighted by Gasteiger charge is 2.17. The quantitative estimate of drug-likeness (QED) is 0.193. The Kier molecular flexibility index (Phi) is 7.34. The number of rotatable bonds is 5. The monoisotopic (exact) mass is 618 g/mol. The Balaban J connectivity index is 1.42. The first-order valence-electron chi connectivity index (χ1n) is 16.3. The molecular formula is C44H34N4. The summed E-state index contributed by atoms with van der Waals surface area (Å²) in [6.07, 6.45) is 0. The third kappa shape index (κ3) is 5.62. The number of aryl methyl sites for hydroxylation is 4. The highest BCUT2D eigenvalue weighted by molar-refractivity contribution is 5.98. The molecule has 0 amide bonds. The van der Waals surface area contributed by atoms with Gasteiger partial charge in [-0.3, -0.25) is 9.97 Å². The van der Waals surface area contributed by atoms with Crippen molar-refractivity contribution in [3.63, 3.8) is 0 Å². The number of hydrogen-bond acceptors (Lipinski definition) is 4. The van der Waals surface area contributed by atoms with Crippen molar-refractivity contribution in [3.05, 3.63) is 156 Å². The van der Waals surface area contributed by atoms with Crippen LogP contribution < -0.4 is 0 Å². The molecule has 8 aromatic rings. The maximum Gasteiger partial charge on any atom is 0.161 e. The Morgan fingerprint density at radius 1 is 0.354 bits per heavy atom. The van der Waals surface area contributed by atoms with Gasteiger partial charge in [0.2, 0.25) is 0 Å². The molecule has 4 nitrogen and oxygen atoms in total. The van der Waals surface area contributed by atoms with Crippen LogP contribution in [0, 0.1) is 27.7 Å². The zero-order chi connectivity index (χ0) is 32.8. The minimum Gasteiger partial charge on any atom is -0.258 e. The van der Waals surface area contributed by atoms with E-state index in [9.17, 15) is 0 Å². The fraction of sp³-hybridized carbons (Fsp3) is 0.0909. The normalized spacial score (nSPS) is 11.3. The summed E-state index contributed by atoms with van der Waals surface area (Å²) >= 11 is 0. The van der Waals surface area contributed by atoms with Crippen molar-refractivity contribution in [1.29, 1.82) is 0 Å². The van der Waals surface area contributed by atoms with E-state index in [0.29, 0.717) is 5.82 Å². The second kappa shape index (κ2) is 12.0. The summed E-state index contributed by atoms with van der Waals surface area (Å²) in [5.74, 6) is 0.694. The lowest BCUT2D eigenvalue weighted by Gasteiger charge is -2.15. The number of pyridine rings is 2. The summed E-state index contributed by atoms with van der Waals surface area (Å²) in [6, 6.07) is 47.1. The van der Waals surface area contributed by atoms with E-state index in [0.717, 1.165) is 83.7 Å². The van der Waals surface area contributed by atoms with Gasteiger partial charge in [0.15, 0.2) is 5.82 Å². The summed E-state index contributed by atoms with van der Waals surface area (Å²) in [4.78, 5) is 20.2. The molecule has 3 heterocycles. The van der Waals surface area contributed by atoms with E-state index in [4.69, 9.17) is 15.0 Å². The van der Waals surface area contributed by atoms with Gasteiger partial charge in [0.05, 0.1) is 17.1 Å². The first-order chi connectivity index (χ1) is 23.4. The lowest BCUT2D eigenvalue weighted by atomic mass is 9.95. The number of fused-ring (bicyclic) bond motifs is 2. The van der Waals surface area contributed by atoms with Gasteiger partial charge in [-0.05, 0) is 114 Å². The average molecular weight is 619 g/mol. The van der Waals surface area contributed by atoms with Crippen molar-refractivity contribution >= 4 is 21.5 Å². The molecule has 0 atom stereocenters. The largest absolute Gasteiger partial charge is 0.258 e. The molecule has 3 aromatic heterocycles. The molecule has 0 spiro atoms. The van der Waals surface area contributed by atoms with Crippen LogP contribution in [0.25, 0.3) is 77.8 Å². The molecule has 0 fully saturated rings. The van der Waals surface area contributed by atoms with E-state index in [2.05, 4.69) is 145 Å². The SMILES string of the molecule is Cc1cc(C)nc(-c2cc(-c3cc(C)nc(C)c3)cc(-c3cc(-c4cccc5ccccc45)nc(-c4cccc5ccccc45)n3)c2)c1. The van der Waals surface area contributed by atoms with Crippen LogP contribution in [0.15, 0.2) is 133 Å². The number of aromatic nitrogens is 4. The Morgan fingerprint density at radius 3 is 1.52 bits per heavy atom. The molecule has 0 bridgehead atoms. The van der Waals surface area contributed by atoms with Crippen LogP contribution in [0.3, 0.4) is 0 Å². The summed E-state index contributed by atoms with van der Waals surface area (Å²) in [6.45, 7) is 8.26. The van der Waals surface area contributed by atoms with Gasteiger partial charge in [0.25, 0.3) is 0 Å². The topological polar surface area (TPSA) is 51.6 Å². The molecule has 0 aliphatic rings. The summed E-state index contributed by atoms with van der Waals surface area (Å²) in [5, 5.41) is 4.61. The van der Waals surface area contributed by atoms with Crippen LogP contribution in [0.5, 0.6) is 0 Å². The lowest BCUT2D eigenvalue weighted by Crippen LogP contribution is -1.98. The highest BCUT2D eigenvalue weighted by Crippen LogP contribution is 2.37. The Morgan fingerprint density at radius 2 is 0.854 bits per heavy atom. The molecule has 0 N–H and O–H groups in total. The fourth-order valence-electron chi connectivity index (χ4n) is 6.80. The molecule has 0 saturated heterocycles. The van der Waals surface area contributed by atoms with E-state index < -0.39 is 0 Å². The molecule has 4 heteroatoms. The Bertz CT molecular complexity index is 2290. The van der Waals surface area contributed by atoms with Gasteiger partial charge in [0, 0.05) is 39.3 Å². The summed E-state index contributed by atoms with van der Waals surface area (Å²) < 4.78 is 0. The van der Waals surface area contributed by atoms with E-state index >= 15 is 0 Å². The molecule has 48 heavy (non-hydrogen) atoms. The standard InChI is InChI=1S/C44H34N4/c1-27-19-28(2)46-41(20-27)35-23-34(33-21-29(3)45-30(4)22-33)24-36(25-35)42-26-43(39-17-9-13-31-11-5-7-15-37(31)39)48-44(47-42)40-18-10-14-32-12-6-8-16-38(32)40/h5-26H,1-4H3. The minimum absolute atomic E-state index is 0.694. The van der Waals surface area contributed by atoms with Gasteiger partial charge in [-0.1, -0.05) is 84.9 Å². The molecular weight excluding hydrogens is 585 g/mol. The molecule has 0 unspecified atom stereocenters. The van der Waals surface area contributed by atoms with Crippen LogP contribution >= 0.6 is 0 Å². The van der Waals surface area contributed by atoms with Crippen molar-refractivity contribution in [1.82, 2.24) is 19.9 Å². The second-order valence-electron chi connectivity index (χ2n) is 12.6. The number of nitrogens with zero attached hydrogens (tertiary/aromatic N) is 4. The fourth-order valence-corrected chi connectivity index (χ4v) is 6.80. The van der Waals surface area contributed by atoms with Crippen LogP contribution in [0.1, 0.15) is 22.6 Å². The number of benzene rings is 5. The molecule has 8 rings (SSSR count). The second-order valence-corrected chi connectivity index (χ2v) is 12.6. The van der Waals surface area contributed by atoms with Crippen molar-refractivity contribution < 1.29 is 0 Å².